The highest BCUT2D eigenvalue weighted by Gasteiger charge is 2.14. The highest BCUT2D eigenvalue weighted by Crippen LogP contribution is 2.23. The van der Waals surface area contributed by atoms with E-state index in [0.717, 1.165) is 16.3 Å². The predicted molar refractivity (Wildman–Crippen MR) is 96.3 cm³/mol. The molecule has 7 nitrogen and oxygen atoms in total. The molecule has 0 aliphatic carbocycles. The molecule has 0 radical (unpaired) electrons. The monoisotopic (exact) mass is 375 g/mol. The van der Waals surface area contributed by atoms with E-state index in [0.29, 0.717) is 23.3 Å². The first-order chi connectivity index (χ1) is 12.1. The molecule has 3 heterocycles. The summed E-state index contributed by atoms with van der Waals surface area (Å²) in [5, 5.41) is 14.3. The van der Waals surface area contributed by atoms with Gasteiger partial charge in [0.1, 0.15) is 5.01 Å². The molecule has 3 aromatic heterocycles. The second-order valence-corrected chi connectivity index (χ2v) is 7.26. The van der Waals surface area contributed by atoms with Crippen molar-refractivity contribution in [3.8, 4) is 11.5 Å². The summed E-state index contributed by atoms with van der Waals surface area (Å²) in [6, 6.07) is 3.52. The van der Waals surface area contributed by atoms with Gasteiger partial charge in [-0.1, -0.05) is 11.8 Å². The molecule has 0 spiro atoms. The van der Waals surface area contributed by atoms with Gasteiger partial charge in [0.15, 0.2) is 0 Å². The van der Waals surface area contributed by atoms with Crippen LogP contribution in [0.1, 0.15) is 30.1 Å². The third-order valence-corrected chi connectivity index (χ3v) is 5.24. The van der Waals surface area contributed by atoms with Gasteiger partial charge in [-0.05, 0) is 26.0 Å². The van der Waals surface area contributed by atoms with E-state index in [4.69, 9.17) is 4.42 Å². The number of aromatic nitrogens is 4. The number of amides is 1. The van der Waals surface area contributed by atoms with Crippen LogP contribution in [0.15, 0.2) is 39.5 Å². The summed E-state index contributed by atoms with van der Waals surface area (Å²) >= 11 is 2.91. The molecule has 1 amide bonds. The van der Waals surface area contributed by atoms with Gasteiger partial charge < -0.3 is 9.73 Å². The van der Waals surface area contributed by atoms with Crippen LogP contribution in [-0.4, -0.2) is 31.8 Å². The number of rotatable bonds is 7. The normalized spacial score (nSPS) is 12.1. The molecular formula is C16H17N5O2S2. The van der Waals surface area contributed by atoms with E-state index in [1.165, 1.54) is 11.8 Å². The number of hydrogen-bond donors (Lipinski definition) is 1. The molecule has 1 N–H and O–H groups in total. The Morgan fingerprint density at radius 2 is 2.16 bits per heavy atom. The molecule has 9 heteroatoms. The van der Waals surface area contributed by atoms with Crippen LogP contribution in [0.4, 0.5) is 0 Å². The number of carbonyl (C=O) groups excluding carboxylic acids is 1. The molecule has 1 atom stereocenters. The summed E-state index contributed by atoms with van der Waals surface area (Å²) in [7, 11) is 0. The molecule has 0 saturated carbocycles. The van der Waals surface area contributed by atoms with Crippen molar-refractivity contribution in [3.63, 3.8) is 0 Å². The summed E-state index contributed by atoms with van der Waals surface area (Å²) in [5.41, 5.74) is 1.79. The number of aryl methyl sites for hydroxylation is 1. The lowest BCUT2D eigenvalue weighted by Crippen LogP contribution is -2.26. The number of nitrogens with one attached hydrogen (secondary N) is 1. The Hall–Kier alpha value is -2.26. The van der Waals surface area contributed by atoms with Crippen molar-refractivity contribution in [2.24, 2.45) is 0 Å². The second kappa shape index (κ2) is 8.21. The van der Waals surface area contributed by atoms with Crippen LogP contribution in [0.5, 0.6) is 0 Å². The third kappa shape index (κ3) is 4.86. The van der Waals surface area contributed by atoms with E-state index in [9.17, 15) is 4.79 Å². The Labute approximate surface area is 153 Å². The topological polar surface area (TPSA) is 93.8 Å². The van der Waals surface area contributed by atoms with Crippen molar-refractivity contribution in [2.45, 2.75) is 31.5 Å². The average molecular weight is 375 g/mol. The fraction of sp³-hybridized carbons (Fsp3) is 0.312. The van der Waals surface area contributed by atoms with E-state index in [1.807, 2.05) is 19.2 Å². The highest BCUT2D eigenvalue weighted by atomic mass is 32.2. The smallest absolute Gasteiger partial charge is 0.276 e. The van der Waals surface area contributed by atoms with E-state index in [1.54, 1.807) is 35.9 Å². The van der Waals surface area contributed by atoms with Gasteiger partial charge in [0.2, 0.25) is 11.8 Å². The molecule has 0 aromatic carbocycles. The standard InChI is InChI=1S/C16H17N5O2S2/c1-10-9-25-15(18-10)11(2)19-13(22)5-8-24-16-21-20-14(23-16)12-3-6-17-7-4-12/h3-4,6-7,9,11H,5,8H2,1-2H3,(H,19,22)/t11-/m1/s1. The molecule has 130 valence electrons. The molecule has 3 aromatic rings. The van der Waals surface area contributed by atoms with Crippen LogP contribution in [0.3, 0.4) is 0 Å². The van der Waals surface area contributed by atoms with Crippen molar-refractivity contribution >= 4 is 29.0 Å². The molecule has 0 saturated heterocycles. The van der Waals surface area contributed by atoms with Gasteiger partial charge in [-0.2, -0.15) is 0 Å². The Balaban J connectivity index is 1.45. The van der Waals surface area contributed by atoms with Crippen LogP contribution >= 0.6 is 23.1 Å². The zero-order valence-corrected chi connectivity index (χ0v) is 15.4. The maximum Gasteiger partial charge on any atom is 0.276 e. The summed E-state index contributed by atoms with van der Waals surface area (Å²) in [4.78, 5) is 20.4. The molecule has 0 aliphatic heterocycles. The lowest BCUT2D eigenvalue weighted by Gasteiger charge is -2.10. The number of pyridine rings is 1. The fourth-order valence-electron chi connectivity index (χ4n) is 2.06. The number of nitrogens with zero attached hydrogens (tertiary/aromatic N) is 4. The summed E-state index contributed by atoms with van der Waals surface area (Å²) in [6.45, 7) is 3.87. The third-order valence-electron chi connectivity index (χ3n) is 3.27. The van der Waals surface area contributed by atoms with Crippen molar-refractivity contribution in [1.82, 2.24) is 25.5 Å². The van der Waals surface area contributed by atoms with E-state index in [2.05, 4.69) is 25.5 Å². The molecule has 0 bridgehead atoms. The van der Waals surface area contributed by atoms with Crippen LogP contribution in [0.2, 0.25) is 0 Å². The summed E-state index contributed by atoms with van der Waals surface area (Å²) < 4.78 is 5.58. The van der Waals surface area contributed by atoms with Crippen LogP contribution in [0, 0.1) is 6.92 Å². The fourth-order valence-corrected chi connectivity index (χ4v) is 3.56. The van der Waals surface area contributed by atoms with E-state index in [-0.39, 0.29) is 11.9 Å². The van der Waals surface area contributed by atoms with Crippen molar-refractivity contribution < 1.29 is 9.21 Å². The van der Waals surface area contributed by atoms with E-state index < -0.39 is 0 Å². The van der Waals surface area contributed by atoms with Crippen LogP contribution in [0.25, 0.3) is 11.5 Å². The minimum absolute atomic E-state index is 0.0262. The average Bonchev–Trinajstić information content (AvgIpc) is 3.25. The SMILES string of the molecule is Cc1csc([C@@H](C)NC(=O)CCSc2nnc(-c3ccncc3)o2)n1. The summed E-state index contributed by atoms with van der Waals surface area (Å²) in [6.07, 6.45) is 3.70. The lowest BCUT2D eigenvalue weighted by atomic mass is 10.3. The molecule has 25 heavy (non-hydrogen) atoms. The molecule has 0 unspecified atom stereocenters. The lowest BCUT2D eigenvalue weighted by molar-refractivity contribution is -0.121. The molecule has 3 rings (SSSR count). The molecular weight excluding hydrogens is 358 g/mol. The number of carbonyl (C=O) groups is 1. The first kappa shape index (κ1) is 17.6. The molecule has 0 aliphatic rings. The van der Waals surface area contributed by atoms with Crippen molar-refractivity contribution in [3.05, 3.63) is 40.6 Å². The Morgan fingerprint density at radius 3 is 2.88 bits per heavy atom. The van der Waals surface area contributed by atoms with Gasteiger partial charge in [-0.15, -0.1) is 21.5 Å². The van der Waals surface area contributed by atoms with Gasteiger partial charge >= 0.3 is 0 Å². The van der Waals surface area contributed by atoms with Gasteiger partial charge in [0.05, 0.1) is 6.04 Å². The minimum Gasteiger partial charge on any atom is -0.411 e. The zero-order chi connectivity index (χ0) is 17.6. The van der Waals surface area contributed by atoms with Gasteiger partial charge in [0.25, 0.3) is 5.22 Å². The summed E-state index contributed by atoms with van der Waals surface area (Å²) in [5.74, 6) is 0.983. The number of thioether (sulfide) groups is 1. The van der Waals surface area contributed by atoms with Crippen molar-refractivity contribution in [1.29, 1.82) is 0 Å². The predicted octanol–water partition coefficient (Wildman–Crippen LogP) is 3.26. The van der Waals surface area contributed by atoms with Crippen molar-refractivity contribution in [2.75, 3.05) is 5.75 Å². The maximum absolute atomic E-state index is 12.0. The maximum atomic E-state index is 12.0. The Kier molecular flexibility index (Phi) is 5.77. The highest BCUT2D eigenvalue weighted by molar-refractivity contribution is 7.99. The largest absolute Gasteiger partial charge is 0.411 e. The Morgan fingerprint density at radius 1 is 1.36 bits per heavy atom. The first-order valence-electron chi connectivity index (χ1n) is 7.70. The molecule has 0 fully saturated rings. The van der Waals surface area contributed by atoms with E-state index >= 15 is 0 Å². The van der Waals surface area contributed by atoms with Gasteiger partial charge in [-0.3, -0.25) is 9.78 Å². The second-order valence-electron chi connectivity index (χ2n) is 5.32. The number of thiazole rings is 1. The Bertz CT molecular complexity index is 834. The van der Waals surface area contributed by atoms with Gasteiger partial charge in [0, 0.05) is 41.2 Å². The minimum atomic E-state index is -0.0853. The van der Waals surface area contributed by atoms with Crippen LogP contribution in [-0.2, 0) is 4.79 Å². The zero-order valence-electron chi connectivity index (χ0n) is 13.8. The van der Waals surface area contributed by atoms with Crippen LogP contribution < -0.4 is 5.32 Å². The van der Waals surface area contributed by atoms with Gasteiger partial charge in [-0.25, -0.2) is 4.98 Å². The quantitative estimate of drug-likeness (QED) is 0.633. The number of hydrogen-bond acceptors (Lipinski definition) is 8. The first-order valence-corrected chi connectivity index (χ1v) is 9.56.